The second-order valence-electron chi connectivity index (χ2n) is 3.16. The van der Waals surface area contributed by atoms with Gasteiger partial charge in [-0.1, -0.05) is 29.3 Å². The van der Waals surface area contributed by atoms with Crippen molar-refractivity contribution in [3.8, 4) is 11.1 Å². The Morgan fingerprint density at radius 3 is 2.56 bits per heavy atom. The van der Waals surface area contributed by atoms with Crippen LogP contribution >= 0.6 is 23.2 Å². The number of halogens is 3. The Bertz CT molecular complexity index is 595. The van der Waals surface area contributed by atoms with E-state index < -0.39 is 11.4 Å². The van der Waals surface area contributed by atoms with E-state index in [-0.39, 0.29) is 5.56 Å². The van der Waals surface area contributed by atoms with Gasteiger partial charge in [-0.15, -0.1) is 0 Å². The number of hydrogen-bond donors (Lipinski definition) is 1. The lowest BCUT2D eigenvalue weighted by Gasteiger charge is -2.03. The SMILES string of the molecule is O=c1[nH]ccc(-c2ccc(Cl)c(Cl)c2)c1F. The van der Waals surface area contributed by atoms with Crippen LogP contribution in [0.25, 0.3) is 11.1 Å². The number of benzene rings is 1. The van der Waals surface area contributed by atoms with Gasteiger partial charge in [-0.05, 0) is 23.8 Å². The van der Waals surface area contributed by atoms with Crippen LogP contribution < -0.4 is 5.56 Å². The van der Waals surface area contributed by atoms with Gasteiger partial charge in [0, 0.05) is 11.8 Å². The van der Waals surface area contributed by atoms with Gasteiger partial charge in [0.05, 0.1) is 10.0 Å². The molecule has 0 fully saturated rings. The van der Waals surface area contributed by atoms with E-state index in [1.54, 1.807) is 12.1 Å². The van der Waals surface area contributed by atoms with Crippen LogP contribution in [0.5, 0.6) is 0 Å². The van der Waals surface area contributed by atoms with Crippen molar-refractivity contribution in [3.63, 3.8) is 0 Å². The van der Waals surface area contributed by atoms with E-state index in [1.165, 1.54) is 18.3 Å². The molecule has 0 atom stereocenters. The monoisotopic (exact) mass is 257 g/mol. The van der Waals surface area contributed by atoms with Gasteiger partial charge in [0.1, 0.15) is 0 Å². The molecule has 0 saturated carbocycles. The molecule has 16 heavy (non-hydrogen) atoms. The number of rotatable bonds is 1. The third-order valence-corrected chi connectivity index (χ3v) is 2.87. The maximum absolute atomic E-state index is 13.5. The Balaban J connectivity index is 2.63. The Morgan fingerprint density at radius 1 is 1.12 bits per heavy atom. The lowest BCUT2D eigenvalue weighted by atomic mass is 10.1. The normalized spacial score (nSPS) is 10.4. The standard InChI is InChI=1S/C11H6Cl2FNO/c12-8-2-1-6(5-9(8)13)7-3-4-15-11(16)10(7)14/h1-5H,(H,15,16). The van der Waals surface area contributed by atoms with E-state index in [9.17, 15) is 9.18 Å². The first kappa shape index (κ1) is 11.2. The zero-order chi connectivity index (χ0) is 11.7. The molecule has 0 amide bonds. The van der Waals surface area contributed by atoms with E-state index >= 15 is 0 Å². The van der Waals surface area contributed by atoms with Crippen LogP contribution in [-0.4, -0.2) is 4.98 Å². The van der Waals surface area contributed by atoms with Crippen molar-refractivity contribution >= 4 is 23.2 Å². The molecule has 1 aromatic carbocycles. The van der Waals surface area contributed by atoms with Gasteiger partial charge >= 0.3 is 0 Å². The molecule has 1 N–H and O–H groups in total. The van der Waals surface area contributed by atoms with Crippen molar-refractivity contribution < 1.29 is 4.39 Å². The Morgan fingerprint density at radius 2 is 1.88 bits per heavy atom. The van der Waals surface area contributed by atoms with Gasteiger partial charge in [0.2, 0.25) is 0 Å². The molecular weight excluding hydrogens is 252 g/mol. The molecule has 0 aliphatic heterocycles. The Labute approximate surface area is 101 Å². The van der Waals surface area contributed by atoms with E-state index in [0.717, 1.165) is 0 Å². The number of aromatic nitrogens is 1. The number of aromatic amines is 1. The summed E-state index contributed by atoms with van der Waals surface area (Å²) < 4.78 is 13.5. The first-order valence-corrected chi connectivity index (χ1v) is 5.18. The first-order valence-electron chi connectivity index (χ1n) is 4.42. The average molecular weight is 258 g/mol. The average Bonchev–Trinajstić information content (AvgIpc) is 2.26. The zero-order valence-electron chi connectivity index (χ0n) is 7.93. The number of nitrogens with one attached hydrogen (secondary N) is 1. The molecule has 0 spiro atoms. The summed E-state index contributed by atoms with van der Waals surface area (Å²) in [6.07, 6.45) is 1.38. The summed E-state index contributed by atoms with van der Waals surface area (Å²) in [6.45, 7) is 0. The van der Waals surface area contributed by atoms with Crippen molar-refractivity contribution in [1.29, 1.82) is 0 Å². The number of pyridine rings is 1. The van der Waals surface area contributed by atoms with Crippen LogP contribution in [0.4, 0.5) is 4.39 Å². The van der Waals surface area contributed by atoms with Crippen LogP contribution in [-0.2, 0) is 0 Å². The minimum absolute atomic E-state index is 0.197. The van der Waals surface area contributed by atoms with Crippen LogP contribution in [0.15, 0.2) is 35.3 Å². The summed E-state index contributed by atoms with van der Waals surface area (Å²) in [6, 6.07) is 6.14. The summed E-state index contributed by atoms with van der Waals surface area (Å²) in [5.41, 5.74) is -0.0520. The van der Waals surface area contributed by atoms with Crippen molar-refractivity contribution in [2.75, 3.05) is 0 Å². The molecule has 1 heterocycles. The fourth-order valence-electron chi connectivity index (χ4n) is 1.35. The highest BCUT2D eigenvalue weighted by molar-refractivity contribution is 6.42. The van der Waals surface area contributed by atoms with E-state index in [2.05, 4.69) is 4.98 Å². The topological polar surface area (TPSA) is 32.9 Å². The number of hydrogen-bond acceptors (Lipinski definition) is 1. The van der Waals surface area contributed by atoms with Gasteiger partial charge in [-0.2, -0.15) is 0 Å². The minimum Gasteiger partial charge on any atom is -0.327 e. The van der Waals surface area contributed by atoms with Crippen LogP contribution in [0.3, 0.4) is 0 Å². The summed E-state index contributed by atoms with van der Waals surface area (Å²) in [4.78, 5) is 13.3. The molecule has 2 rings (SSSR count). The van der Waals surface area contributed by atoms with Gasteiger partial charge in [-0.3, -0.25) is 4.79 Å². The highest BCUT2D eigenvalue weighted by Crippen LogP contribution is 2.28. The van der Waals surface area contributed by atoms with E-state index in [4.69, 9.17) is 23.2 Å². The van der Waals surface area contributed by atoms with Crippen LogP contribution in [0.1, 0.15) is 0 Å². The highest BCUT2D eigenvalue weighted by Gasteiger charge is 2.09. The second-order valence-corrected chi connectivity index (χ2v) is 3.98. The summed E-state index contributed by atoms with van der Waals surface area (Å²) >= 11 is 11.6. The molecule has 1 aromatic heterocycles. The summed E-state index contributed by atoms with van der Waals surface area (Å²) in [5.74, 6) is -0.833. The van der Waals surface area contributed by atoms with Gasteiger partial charge in [0.25, 0.3) is 5.56 Å². The van der Waals surface area contributed by atoms with Gasteiger partial charge < -0.3 is 4.98 Å². The second kappa shape index (κ2) is 4.28. The molecule has 0 radical (unpaired) electrons. The van der Waals surface area contributed by atoms with Crippen molar-refractivity contribution in [3.05, 3.63) is 56.7 Å². The molecule has 0 aliphatic rings. The third kappa shape index (κ3) is 1.96. The summed E-state index contributed by atoms with van der Waals surface area (Å²) in [7, 11) is 0. The minimum atomic E-state index is -0.833. The zero-order valence-corrected chi connectivity index (χ0v) is 9.44. The quantitative estimate of drug-likeness (QED) is 0.834. The van der Waals surface area contributed by atoms with Gasteiger partial charge in [-0.25, -0.2) is 4.39 Å². The van der Waals surface area contributed by atoms with Crippen molar-refractivity contribution in [1.82, 2.24) is 4.98 Å². The fraction of sp³-hybridized carbons (Fsp3) is 0. The first-order chi connectivity index (χ1) is 7.59. The lowest BCUT2D eigenvalue weighted by Crippen LogP contribution is -2.10. The Kier molecular flexibility index (Phi) is 2.99. The van der Waals surface area contributed by atoms with Gasteiger partial charge in [0.15, 0.2) is 5.82 Å². The molecule has 0 unspecified atom stereocenters. The maximum Gasteiger partial charge on any atom is 0.284 e. The molecule has 0 saturated heterocycles. The van der Waals surface area contributed by atoms with Crippen molar-refractivity contribution in [2.24, 2.45) is 0 Å². The molecule has 0 aliphatic carbocycles. The summed E-state index contributed by atoms with van der Waals surface area (Å²) in [5, 5.41) is 0.703. The molecule has 2 aromatic rings. The Hall–Kier alpha value is -1.32. The number of H-pyrrole nitrogens is 1. The fourth-order valence-corrected chi connectivity index (χ4v) is 1.64. The molecule has 82 valence electrons. The largest absolute Gasteiger partial charge is 0.327 e. The molecule has 0 bridgehead atoms. The third-order valence-electron chi connectivity index (χ3n) is 2.13. The predicted octanol–water partition coefficient (Wildman–Crippen LogP) is 3.49. The van der Waals surface area contributed by atoms with Crippen LogP contribution in [0, 0.1) is 5.82 Å². The maximum atomic E-state index is 13.5. The highest BCUT2D eigenvalue weighted by atomic mass is 35.5. The van der Waals surface area contributed by atoms with Crippen LogP contribution in [0.2, 0.25) is 10.0 Å². The lowest BCUT2D eigenvalue weighted by molar-refractivity contribution is 0.612. The smallest absolute Gasteiger partial charge is 0.284 e. The molecule has 2 nitrogen and oxygen atoms in total. The van der Waals surface area contributed by atoms with E-state index in [0.29, 0.717) is 15.6 Å². The van der Waals surface area contributed by atoms with Crippen molar-refractivity contribution in [2.45, 2.75) is 0 Å². The molecule has 5 heteroatoms. The predicted molar refractivity (Wildman–Crippen MR) is 62.5 cm³/mol. The van der Waals surface area contributed by atoms with E-state index in [1.807, 2.05) is 0 Å². The molecular formula is C11H6Cl2FNO.